The zero-order valence-electron chi connectivity index (χ0n) is 12.4. The lowest BCUT2D eigenvalue weighted by atomic mass is 9.94. The van der Waals surface area contributed by atoms with E-state index in [1.165, 1.54) is 0 Å². The van der Waals surface area contributed by atoms with E-state index in [0.29, 0.717) is 0 Å². The second-order valence-electron chi connectivity index (χ2n) is 5.00. The maximum absolute atomic E-state index is 5.79. The van der Waals surface area contributed by atoms with Gasteiger partial charge in [-0.25, -0.2) is 5.43 Å². The summed E-state index contributed by atoms with van der Waals surface area (Å²) in [6.45, 7) is 6.15. The highest BCUT2D eigenvalue weighted by atomic mass is 16.5. The van der Waals surface area contributed by atoms with Crippen LogP contribution in [0.3, 0.4) is 0 Å². The minimum Gasteiger partial charge on any atom is -0.496 e. The third-order valence-corrected chi connectivity index (χ3v) is 3.49. The van der Waals surface area contributed by atoms with Crippen molar-refractivity contribution in [2.24, 2.45) is 5.84 Å². The number of benzene rings is 1. The Morgan fingerprint density at radius 2 is 1.95 bits per heavy atom. The van der Waals surface area contributed by atoms with Crippen LogP contribution in [-0.2, 0) is 0 Å². The minimum atomic E-state index is -0.188. The van der Waals surface area contributed by atoms with Crippen molar-refractivity contribution in [3.63, 3.8) is 0 Å². The van der Waals surface area contributed by atoms with Crippen LogP contribution in [0.1, 0.15) is 34.0 Å². The molecule has 3 N–H and O–H groups in total. The van der Waals surface area contributed by atoms with Gasteiger partial charge in [0, 0.05) is 11.8 Å². The van der Waals surface area contributed by atoms with Gasteiger partial charge in [-0.05, 0) is 49.6 Å². The van der Waals surface area contributed by atoms with E-state index in [-0.39, 0.29) is 6.04 Å². The first-order valence-corrected chi connectivity index (χ1v) is 6.61. The number of aryl methyl sites for hydroxylation is 3. The molecule has 1 aromatic carbocycles. The zero-order valence-corrected chi connectivity index (χ0v) is 12.4. The monoisotopic (exact) mass is 271 g/mol. The van der Waals surface area contributed by atoms with E-state index < -0.39 is 0 Å². The highest BCUT2D eigenvalue weighted by Gasteiger charge is 2.22. The topological polar surface area (TPSA) is 60.2 Å². The largest absolute Gasteiger partial charge is 0.496 e. The molecule has 0 aliphatic rings. The molecule has 0 fully saturated rings. The van der Waals surface area contributed by atoms with Crippen molar-refractivity contribution in [1.29, 1.82) is 0 Å². The van der Waals surface area contributed by atoms with E-state index in [4.69, 9.17) is 10.6 Å². The summed E-state index contributed by atoms with van der Waals surface area (Å²) in [5, 5.41) is 0. The van der Waals surface area contributed by atoms with Crippen LogP contribution < -0.4 is 16.0 Å². The Kier molecular flexibility index (Phi) is 4.37. The Bertz CT molecular complexity index is 611. The third-order valence-electron chi connectivity index (χ3n) is 3.49. The average Bonchev–Trinajstić information content (AvgIpc) is 2.43. The van der Waals surface area contributed by atoms with Gasteiger partial charge >= 0.3 is 0 Å². The van der Waals surface area contributed by atoms with E-state index in [0.717, 1.165) is 33.7 Å². The molecule has 1 atom stereocenters. The van der Waals surface area contributed by atoms with Gasteiger partial charge in [0.05, 0.1) is 18.8 Å². The Labute approximate surface area is 120 Å². The van der Waals surface area contributed by atoms with Gasteiger partial charge in [0.2, 0.25) is 0 Å². The third kappa shape index (κ3) is 2.66. The minimum absolute atomic E-state index is 0.188. The van der Waals surface area contributed by atoms with Crippen molar-refractivity contribution < 1.29 is 4.74 Å². The number of nitrogens with two attached hydrogens (primary N) is 1. The van der Waals surface area contributed by atoms with Crippen LogP contribution in [0.5, 0.6) is 5.75 Å². The molecule has 0 spiro atoms. The number of methoxy groups -OCH3 is 1. The molecule has 0 saturated heterocycles. The number of ether oxygens (including phenoxy) is 1. The summed E-state index contributed by atoms with van der Waals surface area (Å²) in [7, 11) is 1.68. The standard InChI is InChI=1S/C16H21N3O/c1-10-8-12(3)14(13(9-10)20-4)16(19-17)15-11(2)6-5-7-18-15/h5-9,16,19H,17H2,1-4H3. The Morgan fingerprint density at radius 1 is 1.20 bits per heavy atom. The number of pyridine rings is 1. The molecule has 20 heavy (non-hydrogen) atoms. The normalized spacial score (nSPS) is 12.2. The molecule has 0 saturated carbocycles. The lowest BCUT2D eigenvalue weighted by molar-refractivity contribution is 0.402. The SMILES string of the molecule is COc1cc(C)cc(C)c1C(NN)c1ncccc1C. The highest BCUT2D eigenvalue weighted by Crippen LogP contribution is 2.33. The molecule has 1 unspecified atom stereocenters. The van der Waals surface area contributed by atoms with Gasteiger partial charge in [-0.3, -0.25) is 10.8 Å². The Morgan fingerprint density at radius 3 is 2.55 bits per heavy atom. The molecule has 2 rings (SSSR count). The van der Waals surface area contributed by atoms with Gasteiger partial charge < -0.3 is 4.74 Å². The van der Waals surface area contributed by atoms with Crippen molar-refractivity contribution in [1.82, 2.24) is 10.4 Å². The summed E-state index contributed by atoms with van der Waals surface area (Å²) in [6, 6.07) is 7.91. The van der Waals surface area contributed by atoms with Gasteiger partial charge in [-0.2, -0.15) is 0 Å². The molecule has 0 aliphatic carbocycles. The van der Waals surface area contributed by atoms with Crippen LogP contribution in [0.2, 0.25) is 0 Å². The molecule has 0 bridgehead atoms. The van der Waals surface area contributed by atoms with E-state index in [1.54, 1.807) is 13.3 Å². The number of hydrazine groups is 1. The van der Waals surface area contributed by atoms with Crippen molar-refractivity contribution in [2.75, 3.05) is 7.11 Å². The van der Waals surface area contributed by atoms with Crippen LogP contribution in [-0.4, -0.2) is 12.1 Å². The first-order chi connectivity index (χ1) is 9.58. The first kappa shape index (κ1) is 14.5. The maximum atomic E-state index is 5.79. The number of hydrogen-bond donors (Lipinski definition) is 2. The van der Waals surface area contributed by atoms with Gasteiger partial charge in [0.25, 0.3) is 0 Å². The fraction of sp³-hybridized carbons (Fsp3) is 0.312. The van der Waals surface area contributed by atoms with E-state index in [2.05, 4.69) is 30.3 Å². The summed E-state index contributed by atoms with van der Waals surface area (Å²) in [5.74, 6) is 6.62. The van der Waals surface area contributed by atoms with Gasteiger partial charge in [-0.15, -0.1) is 0 Å². The molecule has 0 radical (unpaired) electrons. The van der Waals surface area contributed by atoms with E-state index in [9.17, 15) is 0 Å². The van der Waals surface area contributed by atoms with Gasteiger partial charge in [-0.1, -0.05) is 12.1 Å². The number of nitrogens with one attached hydrogen (secondary N) is 1. The molecular formula is C16H21N3O. The highest BCUT2D eigenvalue weighted by molar-refractivity contribution is 5.48. The van der Waals surface area contributed by atoms with Crippen LogP contribution in [0, 0.1) is 20.8 Å². The molecule has 4 heteroatoms. The second-order valence-corrected chi connectivity index (χ2v) is 5.00. The first-order valence-electron chi connectivity index (χ1n) is 6.61. The quantitative estimate of drug-likeness (QED) is 0.663. The summed E-state index contributed by atoms with van der Waals surface area (Å²) >= 11 is 0. The summed E-state index contributed by atoms with van der Waals surface area (Å²) in [4.78, 5) is 4.47. The Balaban J connectivity index is 2.61. The number of rotatable bonds is 4. The summed E-state index contributed by atoms with van der Waals surface area (Å²) in [5.41, 5.74) is 8.21. The van der Waals surface area contributed by atoms with Crippen molar-refractivity contribution in [2.45, 2.75) is 26.8 Å². The van der Waals surface area contributed by atoms with Crippen LogP contribution in [0.4, 0.5) is 0 Å². The molecule has 2 aromatic rings. The smallest absolute Gasteiger partial charge is 0.124 e. The van der Waals surface area contributed by atoms with Crippen LogP contribution >= 0.6 is 0 Å². The average molecular weight is 271 g/mol. The molecule has 0 amide bonds. The lowest BCUT2D eigenvalue weighted by Crippen LogP contribution is -2.31. The fourth-order valence-corrected chi connectivity index (χ4v) is 2.58. The Hall–Kier alpha value is -1.91. The molecular weight excluding hydrogens is 250 g/mol. The van der Waals surface area contributed by atoms with Crippen LogP contribution in [0.15, 0.2) is 30.5 Å². The number of aromatic nitrogens is 1. The van der Waals surface area contributed by atoms with E-state index in [1.807, 2.05) is 25.1 Å². The second kappa shape index (κ2) is 6.03. The van der Waals surface area contributed by atoms with Crippen molar-refractivity contribution in [3.8, 4) is 5.75 Å². The molecule has 0 aliphatic heterocycles. The zero-order chi connectivity index (χ0) is 14.7. The fourth-order valence-electron chi connectivity index (χ4n) is 2.58. The van der Waals surface area contributed by atoms with Crippen molar-refractivity contribution >= 4 is 0 Å². The molecule has 4 nitrogen and oxygen atoms in total. The predicted octanol–water partition coefficient (Wildman–Crippen LogP) is 2.57. The van der Waals surface area contributed by atoms with Crippen molar-refractivity contribution in [3.05, 3.63) is 58.4 Å². The van der Waals surface area contributed by atoms with Gasteiger partial charge in [0.15, 0.2) is 0 Å². The predicted molar refractivity (Wildman–Crippen MR) is 80.6 cm³/mol. The summed E-state index contributed by atoms with van der Waals surface area (Å²) < 4.78 is 5.53. The van der Waals surface area contributed by atoms with Crippen LogP contribution in [0.25, 0.3) is 0 Å². The van der Waals surface area contributed by atoms with Gasteiger partial charge in [0.1, 0.15) is 5.75 Å². The maximum Gasteiger partial charge on any atom is 0.124 e. The number of hydrogen-bond acceptors (Lipinski definition) is 4. The molecule has 106 valence electrons. The number of nitrogens with zero attached hydrogens (tertiary/aromatic N) is 1. The summed E-state index contributed by atoms with van der Waals surface area (Å²) in [6.07, 6.45) is 1.78. The lowest BCUT2D eigenvalue weighted by Gasteiger charge is -2.22. The molecule has 1 aromatic heterocycles. The molecule has 1 heterocycles. The van der Waals surface area contributed by atoms with E-state index >= 15 is 0 Å².